The fourth-order valence-corrected chi connectivity index (χ4v) is 8.74. The normalized spacial score (nSPS) is 24.9. The molecule has 1 aliphatic heterocycles. The smallest absolute Gasteiger partial charge is 0.246 e. The molecule has 39 heavy (non-hydrogen) atoms. The van der Waals surface area contributed by atoms with E-state index in [1.165, 1.54) is 23.5 Å². The molecular weight excluding hydrogens is 553 g/mol. The average molecular weight is 589 g/mol. The molecule has 0 radical (unpaired) electrons. The molecule has 2 heterocycles. The highest BCUT2D eigenvalue weighted by molar-refractivity contribution is 7.89. The molecule has 0 bridgehead atoms. The van der Waals surface area contributed by atoms with E-state index in [1.807, 2.05) is 46.2 Å². The Morgan fingerprint density at radius 3 is 2.15 bits per heavy atom. The third-order valence-electron chi connectivity index (χ3n) is 7.96. The van der Waals surface area contributed by atoms with Crippen molar-refractivity contribution in [1.82, 2.24) is 4.31 Å². The van der Waals surface area contributed by atoms with Crippen molar-refractivity contribution in [3.63, 3.8) is 0 Å². The number of piperidine rings is 1. The summed E-state index contributed by atoms with van der Waals surface area (Å²) in [5, 5.41) is 26.6. The number of thiophene rings is 1. The zero-order valence-electron chi connectivity index (χ0n) is 23.0. The first-order valence-electron chi connectivity index (χ1n) is 12.8. The Balaban J connectivity index is 2.00. The highest BCUT2D eigenvalue weighted by atomic mass is 32.2. The molecule has 8 nitrogen and oxygen atoms in total. The third-order valence-corrected chi connectivity index (χ3v) is 15.3. The van der Waals surface area contributed by atoms with E-state index in [-0.39, 0.29) is 9.93 Å². The molecule has 2 aromatic carbocycles. The van der Waals surface area contributed by atoms with E-state index in [9.17, 15) is 23.6 Å². The van der Waals surface area contributed by atoms with Crippen LogP contribution in [-0.2, 0) is 14.4 Å². The van der Waals surface area contributed by atoms with Gasteiger partial charge in [0.1, 0.15) is 12.3 Å². The van der Waals surface area contributed by atoms with Gasteiger partial charge in [-0.25, -0.2) is 8.42 Å². The van der Waals surface area contributed by atoms with Crippen LogP contribution in [0.1, 0.15) is 48.7 Å². The van der Waals surface area contributed by atoms with Crippen LogP contribution < -0.4 is 0 Å². The molecule has 1 saturated heterocycles. The SMILES string of the molecule is Cc1ccc(S(=O)(=O)N2[C@H](O)[C@@H](O[Si](C)(C)C(C)(C)C)[C@@H](c3cccs3)[C@H]([N+](=O)[O-])[C@@H]2c2ccccc2)cc1. The molecule has 5 atom stereocenters. The summed E-state index contributed by atoms with van der Waals surface area (Å²) in [7, 11) is -7.02. The van der Waals surface area contributed by atoms with Crippen LogP contribution in [0.15, 0.2) is 77.0 Å². The molecule has 0 saturated carbocycles. The first-order valence-corrected chi connectivity index (χ1v) is 18.1. The van der Waals surface area contributed by atoms with Gasteiger partial charge in [0.2, 0.25) is 16.1 Å². The zero-order valence-corrected chi connectivity index (χ0v) is 25.6. The fraction of sp³-hybridized carbons (Fsp3) is 0.429. The summed E-state index contributed by atoms with van der Waals surface area (Å²) in [6, 6.07) is 15.7. The van der Waals surface area contributed by atoms with Crippen molar-refractivity contribution in [3.05, 3.63) is 98.2 Å². The van der Waals surface area contributed by atoms with Crippen molar-refractivity contribution in [1.29, 1.82) is 0 Å². The van der Waals surface area contributed by atoms with E-state index in [0.29, 0.717) is 10.4 Å². The number of nitrogens with zero attached hydrogens (tertiary/aromatic N) is 2. The van der Waals surface area contributed by atoms with Gasteiger partial charge in [-0.2, -0.15) is 4.31 Å². The summed E-state index contributed by atoms with van der Waals surface area (Å²) < 4.78 is 36.2. The van der Waals surface area contributed by atoms with Gasteiger partial charge in [0, 0.05) is 9.80 Å². The Hall–Kier alpha value is -2.41. The van der Waals surface area contributed by atoms with Gasteiger partial charge in [0.15, 0.2) is 8.32 Å². The van der Waals surface area contributed by atoms with Crippen LogP contribution in [0.4, 0.5) is 0 Å². The molecule has 3 aromatic rings. The average Bonchev–Trinajstić information content (AvgIpc) is 3.39. The molecule has 1 aliphatic rings. The number of nitro groups is 1. The second-order valence-corrected chi connectivity index (χ2v) is 19.2. The molecule has 0 unspecified atom stereocenters. The van der Waals surface area contributed by atoms with Crippen LogP contribution in [0, 0.1) is 17.0 Å². The van der Waals surface area contributed by atoms with Crippen molar-refractivity contribution in [3.8, 4) is 0 Å². The lowest BCUT2D eigenvalue weighted by Crippen LogP contribution is -2.64. The van der Waals surface area contributed by atoms with Crippen LogP contribution in [-0.4, -0.2) is 49.4 Å². The molecular formula is C28H36N2O6S2Si. The van der Waals surface area contributed by atoms with E-state index >= 15 is 0 Å². The van der Waals surface area contributed by atoms with Crippen molar-refractivity contribution in [2.45, 2.75) is 81.1 Å². The van der Waals surface area contributed by atoms with Crippen molar-refractivity contribution >= 4 is 29.7 Å². The lowest BCUT2D eigenvalue weighted by molar-refractivity contribution is -0.543. The lowest BCUT2D eigenvalue weighted by atomic mass is 9.80. The van der Waals surface area contributed by atoms with Crippen LogP contribution in [0.5, 0.6) is 0 Å². The maximum absolute atomic E-state index is 14.3. The molecule has 1 fully saturated rings. The predicted molar refractivity (Wildman–Crippen MR) is 155 cm³/mol. The second kappa shape index (κ2) is 10.9. The number of sulfonamides is 1. The Bertz CT molecular complexity index is 1390. The summed E-state index contributed by atoms with van der Waals surface area (Å²) in [5.74, 6) is -0.876. The topological polar surface area (TPSA) is 110 Å². The van der Waals surface area contributed by atoms with Gasteiger partial charge in [-0.3, -0.25) is 10.1 Å². The number of hydrogen-bond acceptors (Lipinski definition) is 7. The second-order valence-electron chi connectivity index (χ2n) is 11.6. The van der Waals surface area contributed by atoms with E-state index in [4.69, 9.17) is 4.43 Å². The van der Waals surface area contributed by atoms with Crippen LogP contribution >= 0.6 is 11.3 Å². The zero-order chi connectivity index (χ0) is 28.8. The van der Waals surface area contributed by atoms with Gasteiger partial charge in [0.25, 0.3) is 0 Å². The summed E-state index contributed by atoms with van der Waals surface area (Å²) in [5.41, 5.74) is 1.30. The summed E-state index contributed by atoms with van der Waals surface area (Å²) >= 11 is 1.35. The summed E-state index contributed by atoms with van der Waals surface area (Å²) in [6.45, 7) is 11.9. The molecule has 4 rings (SSSR count). The Kier molecular flexibility index (Phi) is 8.24. The predicted octanol–water partition coefficient (Wildman–Crippen LogP) is 5.94. The summed E-state index contributed by atoms with van der Waals surface area (Å²) in [4.78, 5) is 13.2. The van der Waals surface area contributed by atoms with E-state index in [1.54, 1.807) is 54.6 Å². The Morgan fingerprint density at radius 1 is 1.03 bits per heavy atom. The maximum atomic E-state index is 14.3. The fourth-order valence-electron chi connectivity index (χ4n) is 4.86. The molecule has 210 valence electrons. The first kappa shape index (κ1) is 29.6. The van der Waals surface area contributed by atoms with Crippen molar-refractivity contribution < 1.29 is 22.9 Å². The lowest BCUT2D eigenvalue weighted by Gasteiger charge is -2.50. The van der Waals surface area contributed by atoms with Crippen LogP contribution in [0.3, 0.4) is 0 Å². The molecule has 1 aromatic heterocycles. The minimum Gasteiger partial charge on any atom is -0.409 e. The number of aliphatic hydroxyl groups excluding tert-OH is 1. The first-order chi connectivity index (χ1) is 18.2. The third kappa shape index (κ3) is 5.61. The van der Waals surface area contributed by atoms with E-state index in [2.05, 4.69) is 0 Å². The van der Waals surface area contributed by atoms with Gasteiger partial charge >= 0.3 is 0 Å². The van der Waals surface area contributed by atoms with Crippen molar-refractivity contribution in [2.75, 3.05) is 0 Å². The van der Waals surface area contributed by atoms with E-state index in [0.717, 1.165) is 9.87 Å². The van der Waals surface area contributed by atoms with E-state index < -0.39 is 53.6 Å². The van der Waals surface area contributed by atoms with Crippen LogP contribution in [0.25, 0.3) is 0 Å². The van der Waals surface area contributed by atoms with Gasteiger partial charge in [-0.15, -0.1) is 11.3 Å². The quantitative estimate of drug-likeness (QED) is 0.208. The van der Waals surface area contributed by atoms with Gasteiger partial charge < -0.3 is 9.53 Å². The number of aliphatic hydroxyl groups is 1. The Morgan fingerprint density at radius 2 is 1.64 bits per heavy atom. The minimum atomic E-state index is -4.39. The van der Waals surface area contributed by atoms with Gasteiger partial charge in [0.05, 0.1) is 16.9 Å². The largest absolute Gasteiger partial charge is 0.409 e. The Labute approximate surface area is 235 Å². The van der Waals surface area contributed by atoms with Crippen molar-refractivity contribution in [2.24, 2.45) is 0 Å². The maximum Gasteiger partial charge on any atom is 0.246 e. The summed E-state index contributed by atoms with van der Waals surface area (Å²) in [6.07, 6.45) is -2.82. The minimum absolute atomic E-state index is 0.0455. The number of aryl methyl sites for hydroxylation is 1. The van der Waals surface area contributed by atoms with Gasteiger partial charge in [-0.05, 0) is 54.2 Å². The molecule has 0 amide bonds. The highest BCUT2D eigenvalue weighted by Gasteiger charge is 2.61. The van der Waals surface area contributed by atoms with Gasteiger partial charge in [-0.1, -0.05) is 74.9 Å². The molecule has 0 spiro atoms. The number of hydrogen-bond donors (Lipinski definition) is 1. The van der Waals surface area contributed by atoms with Crippen LogP contribution in [0.2, 0.25) is 18.1 Å². The molecule has 11 heteroatoms. The number of rotatable bonds is 7. The standard InChI is InChI=1S/C28H36N2O6S2Si/c1-19-14-16-21(17-15-19)38(34,35)29-24(20-11-8-7-9-12-20)25(30(32)33)23(22-13-10-18-37-22)26(27(29)31)36-39(5,6)28(2,3)4/h7-18,23-27,31H,1-6H3/t23-,24-,25-,26-,27+/m0/s1. The molecule has 1 N–H and O–H groups in total. The number of benzene rings is 2. The highest BCUT2D eigenvalue weighted by Crippen LogP contribution is 2.50. The molecule has 0 aliphatic carbocycles. The monoisotopic (exact) mass is 588 g/mol.